The van der Waals surface area contributed by atoms with Gasteiger partial charge in [0.05, 0.1) is 0 Å². The average molecular weight is 346 g/mol. The van der Waals surface area contributed by atoms with E-state index in [-0.39, 0.29) is 5.75 Å². The van der Waals surface area contributed by atoms with Gasteiger partial charge in [-0.15, -0.1) is 0 Å². The van der Waals surface area contributed by atoms with E-state index < -0.39 is 5.97 Å². The average Bonchev–Trinajstić information content (AvgIpc) is 2.99. The minimum Gasteiger partial charge on any atom is -0.481 e. The largest absolute Gasteiger partial charge is 0.481 e. The van der Waals surface area contributed by atoms with Gasteiger partial charge in [0, 0.05) is 16.1 Å². The molecule has 23 heavy (non-hydrogen) atoms. The Labute approximate surface area is 142 Å². The SMILES string of the molecule is O=C(O)CSc1nc(-c2ccccc2)c(-c2ccc(Cl)cc2)o1. The van der Waals surface area contributed by atoms with Crippen molar-refractivity contribution in [2.24, 2.45) is 0 Å². The first kappa shape index (κ1) is 15.6. The highest BCUT2D eigenvalue weighted by atomic mass is 35.5. The van der Waals surface area contributed by atoms with Crippen LogP contribution >= 0.6 is 23.4 Å². The predicted molar refractivity (Wildman–Crippen MR) is 90.7 cm³/mol. The minimum atomic E-state index is -0.914. The van der Waals surface area contributed by atoms with Crippen LogP contribution < -0.4 is 0 Å². The molecular formula is C17H12ClNO3S. The van der Waals surface area contributed by atoms with Crippen molar-refractivity contribution in [3.63, 3.8) is 0 Å². The minimum absolute atomic E-state index is 0.102. The zero-order valence-electron chi connectivity index (χ0n) is 11.9. The number of aromatic nitrogens is 1. The topological polar surface area (TPSA) is 63.3 Å². The summed E-state index contributed by atoms with van der Waals surface area (Å²) < 4.78 is 5.79. The lowest BCUT2D eigenvalue weighted by atomic mass is 10.1. The first-order valence-electron chi connectivity index (χ1n) is 6.80. The molecule has 2 aromatic carbocycles. The van der Waals surface area contributed by atoms with Crippen LogP contribution in [0.4, 0.5) is 0 Å². The predicted octanol–water partition coefficient (Wildman–Crippen LogP) is 4.84. The molecule has 0 saturated heterocycles. The van der Waals surface area contributed by atoms with E-state index in [1.54, 1.807) is 12.1 Å². The van der Waals surface area contributed by atoms with E-state index in [4.69, 9.17) is 21.1 Å². The lowest BCUT2D eigenvalue weighted by Gasteiger charge is -2.01. The third-order valence-corrected chi connectivity index (χ3v) is 4.15. The molecular weight excluding hydrogens is 334 g/mol. The zero-order valence-corrected chi connectivity index (χ0v) is 13.5. The fraction of sp³-hybridized carbons (Fsp3) is 0.0588. The summed E-state index contributed by atoms with van der Waals surface area (Å²) in [7, 11) is 0. The van der Waals surface area contributed by atoms with Crippen LogP contribution in [0, 0.1) is 0 Å². The second-order valence-corrected chi connectivity index (χ2v) is 6.08. The number of rotatable bonds is 5. The molecule has 0 saturated carbocycles. The van der Waals surface area contributed by atoms with Crippen LogP contribution in [0.3, 0.4) is 0 Å². The summed E-state index contributed by atoms with van der Waals surface area (Å²) in [6.45, 7) is 0. The van der Waals surface area contributed by atoms with E-state index in [1.165, 1.54) is 0 Å². The van der Waals surface area contributed by atoms with E-state index in [2.05, 4.69) is 4.98 Å². The fourth-order valence-electron chi connectivity index (χ4n) is 2.07. The number of aliphatic carboxylic acids is 1. The number of carbonyl (C=O) groups is 1. The molecule has 0 fully saturated rings. The molecule has 1 heterocycles. The number of carboxylic acids is 1. The summed E-state index contributed by atoms with van der Waals surface area (Å²) in [6.07, 6.45) is 0. The van der Waals surface area contributed by atoms with Gasteiger partial charge in [-0.2, -0.15) is 0 Å². The Bertz CT molecular complexity index is 816. The van der Waals surface area contributed by atoms with Crippen LogP contribution in [0.5, 0.6) is 0 Å². The molecule has 4 nitrogen and oxygen atoms in total. The number of hydrogen-bond acceptors (Lipinski definition) is 4. The maximum Gasteiger partial charge on any atom is 0.314 e. The maximum absolute atomic E-state index is 10.7. The molecule has 0 bridgehead atoms. The van der Waals surface area contributed by atoms with Crippen molar-refractivity contribution in [2.75, 3.05) is 5.75 Å². The number of carboxylic acid groups (broad SMARTS) is 1. The van der Waals surface area contributed by atoms with Gasteiger partial charge in [0.2, 0.25) is 0 Å². The first-order chi connectivity index (χ1) is 11.1. The molecule has 0 aliphatic carbocycles. The second-order valence-electron chi connectivity index (χ2n) is 4.71. The molecule has 0 spiro atoms. The van der Waals surface area contributed by atoms with Gasteiger partial charge in [-0.05, 0) is 24.3 Å². The number of oxazole rings is 1. The Hall–Kier alpha value is -2.24. The van der Waals surface area contributed by atoms with Crippen LogP contribution in [-0.2, 0) is 4.79 Å². The van der Waals surface area contributed by atoms with Crippen molar-refractivity contribution in [3.05, 3.63) is 59.6 Å². The standard InChI is InChI=1S/C17H12ClNO3S/c18-13-8-6-12(7-9-13)16-15(11-4-2-1-3-5-11)19-17(22-16)23-10-14(20)21/h1-9H,10H2,(H,20,21). The molecule has 1 N–H and O–H groups in total. The smallest absolute Gasteiger partial charge is 0.314 e. The van der Waals surface area contributed by atoms with Gasteiger partial charge in [0.15, 0.2) is 5.76 Å². The van der Waals surface area contributed by atoms with Gasteiger partial charge in [-0.25, -0.2) is 4.98 Å². The Morgan fingerprint density at radius 1 is 1.09 bits per heavy atom. The molecule has 116 valence electrons. The van der Waals surface area contributed by atoms with Crippen LogP contribution in [0.2, 0.25) is 5.02 Å². The number of benzene rings is 2. The number of halogens is 1. The highest BCUT2D eigenvalue weighted by Crippen LogP contribution is 2.35. The summed E-state index contributed by atoms with van der Waals surface area (Å²) in [5.74, 6) is -0.419. The maximum atomic E-state index is 10.7. The molecule has 3 aromatic rings. The van der Waals surface area contributed by atoms with Gasteiger partial charge < -0.3 is 9.52 Å². The Morgan fingerprint density at radius 2 is 1.78 bits per heavy atom. The molecule has 0 amide bonds. The van der Waals surface area contributed by atoms with Gasteiger partial charge in [-0.1, -0.05) is 53.7 Å². The molecule has 0 aliphatic heterocycles. The van der Waals surface area contributed by atoms with E-state index in [9.17, 15) is 4.79 Å². The number of thioether (sulfide) groups is 1. The second kappa shape index (κ2) is 6.89. The van der Waals surface area contributed by atoms with Crippen LogP contribution in [0.1, 0.15) is 0 Å². The third kappa shape index (κ3) is 3.75. The summed E-state index contributed by atoms with van der Waals surface area (Å²) in [5.41, 5.74) is 2.42. The molecule has 0 unspecified atom stereocenters. The summed E-state index contributed by atoms with van der Waals surface area (Å²) in [6, 6.07) is 16.9. The van der Waals surface area contributed by atoms with Crippen molar-refractivity contribution >= 4 is 29.3 Å². The molecule has 0 atom stereocenters. The lowest BCUT2D eigenvalue weighted by molar-refractivity contribution is -0.133. The number of nitrogens with zero attached hydrogens (tertiary/aromatic N) is 1. The van der Waals surface area contributed by atoms with E-state index in [0.29, 0.717) is 21.7 Å². The Kier molecular flexibility index (Phi) is 4.69. The quantitative estimate of drug-likeness (QED) is 0.670. The van der Waals surface area contributed by atoms with Gasteiger partial charge in [0.1, 0.15) is 11.4 Å². The van der Waals surface area contributed by atoms with Gasteiger partial charge >= 0.3 is 5.97 Å². The van der Waals surface area contributed by atoms with Crippen LogP contribution in [0.15, 0.2) is 64.2 Å². The molecule has 6 heteroatoms. The van der Waals surface area contributed by atoms with Crippen molar-refractivity contribution in [3.8, 4) is 22.6 Å². The zero-order chi connectivity index (χ0) is 16.2. The summed E-state index contributed by atoms with van der Waals surface area (Å²) in [4.78, 5) is 15.2. The van der Waals surface area contributed by atoms with Crippen molar-refractivity contribution < 1.29 is 14.3 Å². The van der Waals surface area contributed by atoms with Crippen LogP contribution in [-0.4, -0.2) is 21.8 Å². The highest BCUT2D eigenvalue weighted by molar-refractivity contribution is 7.99. The van der Waals surface area contributed by atoms with Gasteiger partial charge in [-0.3, -0.25) is 4.79 Å². The summed E-state index contributed by atoms with van der Waals surface area (Å²) >= 11 is 6.98. The molecule has 1 aromatic heterocycles. The normalized spacial score (nSPS) is 10.7. The van der Waals surface area contributed by atoms with Gasteiger partial charge in [0.25, 0.3) is 5.22 Å². The molecule has 3 rings (SSSR count). The van der Waals surface area contributed by atoms with Crippen molar-refractivity contribution in [1.82, 2.24) is 4.98 Å². The first-order valence-corrected chi connectivity index (χ1v) is 8.16. The summed E-state index contributed by atoms with van der Waals surface area (Å²) in [5, 5.41) is 9.77. The third-order valence-electron chi connectivity index (χ3n) is 3.08. The molecule has 0 radical (unpaired) electrons. The van der Waals surface area contributed by atoms with Crippen LogP contribution in [0.25, 0.3) is 22.6 Å². The number of hydrogen-bond donors (Lipinski definition) is 1. The monoisotopic (exact) mass is 345 g/mol. The van der Waals surface area contributed by atoms with E-state index >= 15 is 0 Å². The molecule has 0 aliphatic rings. The Balaban J connectivity index is 2.05. The lowest BCUT2D eigenvalue weighted by Crippen LogP contribution is -1.97. The highest BCUT2D eigenvalue weighted by Gasteiger charge is 2.17. The van der Waals surface area contributed by atoms with E-state index in [0.717, 1.165) is 22.9 Å². The van der Waals surface area contributed by atoms with Crippen molar-refractivity contribution in [2.45, 2.75) is 5.22 Å². The van der Waals surface area contributed by atoms with E-state index in [1.807, 2.05) is 42.5 Å². The fourth-order valence-corrected chi connectivity index (χ4v) is 2.75. The van der Waals surface area contributed by atoms with Crippen molar-refractivity contribution in [1.29, 1.82) is 0 Å². The Morgan fingerprint density at radius 3 is 2.43 bits per heavy atom.